The van der Waals surface area contributed by atoms with E-state index in [-0.39, 0.29) is 10.6 Å². The molecule has 0 saturated heterocycles. The number of hydrogen-bond acceptors (Lipinski definition) is 2. The van der Waals surface area contributed by atoms with Crippen LogP contribution >= 0.6 is 31.9 Å². The minimum atomic E-state index is -3.46. The summed E-state index contributed by atoms with van der Waals surface area (Å²) in [5.74, 6) is -0.00974. The molecule has 0 saturated carbocycles. The third kappa shape index (κ3) is 5.33. The van der Waals surface area contributed by atoms with Crippen LogP contribution in [-0.2, 0) is 15.8 Å². The minimum absolute atomic E-state index is 0.00974. The zero-order valence-corrected chi connectivity index (χ0v) is 16.8. The van der Waals surface area contributed by atoms with Gasteiger partial charge in [-0.3, -0.25) is 4.31 Å². The Morgan fingerprint density at radius 3 is 2.22 bits per heavy atom. The number of hydrogen-bond donors (Lipinski definition) is 0. The largest absolute Gasteiger partial charge is 0.269 e. The normalized spacial score (nSPS) is 12.8. The second-order valence-electron chi connectivity index (χ2n) is 5.36. The van der Waals surface area contributed by atoms with Crippen LogP contribution < -0.4 is 4.31 Å². The van der Waals surface area contributed by atoms with E-state index in [9.17, 15) is 8.42 Å². The van der Waals surface area contributed by atoms with Gasteiger partial charge in [-0.25, -0.2) is 8.42 Å². The summed E-state index contributed by atoms with van der Waals surface area (Å²) in [5, 5.41) is 0.677. The van der Waals surface area contributed by atoms with Gasteiger partial charge in [0.25, 0.3) is 0 Å². The Labute approximate surface area is 155 Å². The molecule has 0 aliphatic carbocycles. The summed E-state index contributed by atoms with van der Waals surface area (Å²) >= 11 is 6.90. The molecule has 1 atom stereocenters. The molecule has 1 unspecified atom stereocenters. The molecule has 0 amide bonds. The molecule has 0 radical (unpaired) electrons. The van der Waals surface area contributed by atoms with Crippen molar-refractivity contribution in [1.29, 1.82) is 0 Å². The van der Waals surface area contributed by atoms with Crippen LogP contribution in [0.15, 0.2) is 54.6 Å². The van der Waals surface area contributed by atoms with Gasteiger partial charge in [0.05, 0.1) is 11.4 Å². The molecule has 0 aliphatic heterocycles. The predicted octanol–water partition coefficient (Wildman–Crippen LogP) is 4.49. The molecule has 124 valence electrons. The first-order valence-corrected chi connectivity index (χ1v) is 10.9. The van der Waals surface area contributed by atoms with Crippen LogP contribution in [-0.4, -0.2) is 25.1 Å². The molecule has 2 rings (SSSR count). The van der Waals surface area contributed by atoms with Crippen molar-refractivity contribution in [2.24, 2.45) is 0 Å². The quantitative estimate of drug-likeness (QED) is 0.570. The summed E-state index contributed by atoms with van der Waals surface area (Å²) in [6.07, 6.45) is 0. The van der Waals surface area contributed by atoms with Crippen molar-refractivity contribution in [1.82, 2.24) is 0 Å². The highest BCUT2D eigenvalue weighted by molar-refractivity contribution is 9.12. The van der Waals surface area contributed by atoms with E-state index < -0.39 is 10.0 Å². The van der Waals surface area contributed by atoms with Crippen LogP contribution in [0.2, 0.25) is 0 Å². The molecule has 2 aromatic carbocycles. The van der Waals surface area contributed by atoms with Crippen molar-refractivity contribution in [2.75, 3.05) is 16.2 Å². The smallest absolute Gasteiger partial charge is 0.239 e. The number of para-hydroxylation sites is 1. The lowest BCUT2D eigenvalue weighted by Crippen LogP contribution is -2.37. The molecule has 3 nitrogen and oxygen atoms in total. The fraction of sp³-hybridized carbons (Fsp3) is 0.294. The average molecular weight is 461 g/mol. The topological polar surface area (TPSA) is 37.4 Å². The van der Waals surface area contributed by atoms with E-state index in [2.05, 4.69) is 31.9 Å². The first-order valence-electron chi connectivity index (χ1n) is 7.23. The van der Waals surface area contributed by atoms with E-state index >= 15 is 0 Å². The van der Waals surface area contributed by atoms with Crippen molar-refractivity contribution >= 4 is 47.6 Å². The highest BCUT2D eigenvalue weighted by Gasteiger charge is 2.25. The molecule has 0 spiro atoms. The van der Waals surface area contributed by atoms with Gasteiger partial charge in [-0.15, -0.1) is 0 Å². The fourth-order valence-corrected chi connectivity index (χ4v) is 4.48. The molecule has 0 heterocycles. The summed E-state index contributed by atoms with van der Waals surface area (Å²) in [6.45, 7) is 2.36. The Hall–Kier alpha value is -0.850. The first kappa shape index (κ1) is 18.5. The fourth-order valence-electron chi connectivity index (χ4n) is 2.18. The number of halogens is 2. The molecule has 0 N–H and O–H groups in total. The molecule has 6 heteroatoms. The van der Waals surface area contributed by atoms with E-state index in [0.717, 1.165) is 11.1 Å². The lowest BCUT2D eigenvalue weighted by molar-refractivity contribution is 0.590. The minimum Gasteiger partial charge on any atom is -0.269 e. The van der Waals surface area contributed by atoms with E-state index in [1.807, 2.05) is 61.5 Å². The number of rotatable bonds is 7. The molecule has 23 heavy (non-hydrogen) atoms. The maximum absolute atomic E-state index is 12.9. The van der Waals surface area contributed by atoms with Gasteiger partial charge in [0.15, 0.2) is 0 Å². The summed E-state index contributed by atoms with van der Waals surface area (Å²) in [4.78, 5) is 0.0375. The number of sulfonamides is 1. The highest BCUT2D eigenvalue weighted by Crippen LogP contribution is 2.23. The Morgan fingerprint density at radius 1 is 1.04 bits per heavy atom. The van der Waals surface area contributed by atoms with Gasteiger partial charge in [-0.05, 0) is 24.6 Å². The van der Waals surface area contributed by atoms with Crippen molar-refractivity contribution in [3.8, 4) is 0 Å². The molecule has 0 aliphatic rings. The number of benzene rings is 2. The second kappa shape index (κ2) is 8.31. The number of aryl methyl sites for hydroxylation is 1. The van der Waals surface area contributed by atoms with Gasteiger partial charge in [0.1, 0.15) is 0 Å². The second-order valence-corrected chi connectivity index (χ2v) is 9.20. The third-order valence-electron chi connectivity index (χ3n) is 3.38. The summed E-state index contributed by atoms with van der Waals surface area (Å²) in [7, 11) is -3.46. The van der Waals surface area contributed by atoms with Crippen molar-refractivity contribution < 1.29 is 8.42 Å². The predicted molar refractivity (Wildman–Crippen MR) is 104 cm³/mol. The Kier molecular flexibility index (Phi) is 6.68. The maximum atomic E-state index is 12.9. The first-order chi connectivity index (χ1) is 10.9. The maximum Gasteiger partial charge on any atom is 0.239 e. The molecular formula is C17H19Br2NO2S. The zero-order valence-electron chi connectivity index (χ0n) is 12.8. The molecule has 0 aromatic heterocycles. The van der Waals surface area contributed by atoms with Crippen LogP contribution in [0.3, 0.4) is 0 Å². The molecular weight excluding hydrogens is 442 g/mol. The van der Waals surface area contributed by atoms with E-state index in [1.54, 1.807) is 0 Å². The van der Waals surface area contributed by atoms with Gasteiger partial charge in [-0.1, -0.05) is 79.9 Å². The summed E-state index contributed by atoms with van der Waals surface area (Å²) in [5.41, 5.74) is 2.59. The average Bonchev–Trinajstić information content (AvgIpc) is 2.55. The standard InChI is InChI=1S/C17H19Br2NO2S/c1-14-7-9-15(10-8-14)13-23(21,22)20(12-16(19)11-18)17-5-3-2-4-6-17/h2-10,16H,11-13H2,1H3. The molecule has 0 fully saturated rings. The van der Waals surface area contributed by atoms with Crippen LogP contribution in [0.4, 0.5) is 5.69 Å². The number of anilines is 1. The third-order valence-corrected chi connectivity index (χ3v) is 7.37. The zero-order chi connectivity index (χ0) is 16.9. The van der Waals surface area contributed by atoms with Crippen LogP contribution in [0.5, 0.6) is 0 Å². The van der Waals surface area contributed by atoms with Crippen LogP contribution in [0.25, 0.3) is 0 Å². The van der Waals surface area contributed by atoms with Crippen LogP contribution in [0.1, 0.15) is 11.1 Å². The number of alkyl halides is 2. The molecule has 0 bridgehead atoms. The van der Waals surface area contributed by atoms with Gasteiger partial charge >= 0.3 is 0 Å². The van der Waals surface area contributed by atoms with Gasteiger partial charge in [0, 0.05) is 16.7 Å². The lowest BCUT2D eigenvalue weighted by atomic mass is 10.2. The van der Waals surface area contributed by atoms with E-state index in [4.69, 9.17) is 0 Å². The molecule has 2 aromatic rings. The van der Waals surface area contributed by atoms with E-state index in [0.29, 0.717) is 17.6 Å². The highest BCUT2D eigenvalue weighted by atomic mass is 79.9. The van der Waals surface area contributed by atoms with Gasteiger partial charge in [0.2, 0.25) is 10.0 Å². The summed E-state index contributed by atoms with van der Waals surface area (Å²) < 4.78 is 27.3. The Bertz CT molecular complexity index is 718. The van der Waals surface area contributed by atoms with Crippen LogP contribution in [0, 0.1) is 6.92 Å². The van der Waals surface area contributed by atoms with Crippen molar-refractivity contribution in [2.45, 2.75) is 17.5 Å². The van der Waals surface area contributed by atoms with Crippen molar-refractivity contribution in [3.63, 3.8) is 0 Å². The lowest BCUT2D eigenvalue weighted by Gasteiger charge is -2.26. The van der Waals surface area contributed by atoms with Crippen molar-refractivity contribution in [3.05, 3.63) is 65.7 Å². The Balaban J connectivity index is 2.30. The van der Waals surface area contributed by atoms with Gasteiger partial charge < -0.3 is 0 Å². The summed E-state index contributed by atoms with van der Waals surface area (Å²) in [6, 6.07) is 16.8. The number of nitrogens with zero attached hydrogens (tertiary/aromatic N) is 1. The SMILES string of the molecule is Cc1ccc(CS(=O)(=O)N(CC(Br)CBr)c2ccccc2)cc1. The monoisotopic (exact) mass is 459 g/mol. The van der Waals surface area contributed by atoms with Gasteiger partial charge in [-0.2, -0.15) is 0 Å². The van der Waals surface area contributed by atoms with E-state index in [1.165, 1.54) is 4.31 Å². The Morgan fingerprint density at radius 2 is 1.65 bits per heavy atom.